The monoisotopic (exact) mass is 224 g/mol. The van der Waals surface area contributed by atoms with E-state index in [1.165, 1.54) is 22.3 Å². The van der Waals surface area contributed by atoms with Gasteiger partial charge in [0, 0.05) is 18.8 Å². The Bertz CT molecular complexity index is 550. The van der Waals surface area contributed by atoms with Crippen molar-refractivity contribution in [3.63, 3.8) is 0 Å². The summed E-state index contributed by atoms with van der Waals surface area (Å²) in [6.45, 7) is 2.23. The quantitative estimate of drug-likeness (QED) is 0.832. The van der Waals surface area contributed by atoms with Gasteiger partial charge in [-0.25, -0.2) is 4.98 Å². The second-order valence-electron chi connectivity index (χ2n) is 4.60. The summed E-state index contributed by atoms with van der Waals surface area (Å²) in [4.78, 5) is 7.49. The molecule has 1 aliphatic carbocycles. The van der Waals surface area contributed by atoms with Gasteiger partial charge in [0.05, 0.1) is 0 Å². The van der Waals surface area contributed by atoms with Gasteiger partial charge in [-0.2, -0.15) is 0 Å². The molecule has 2 heteroatoms. The largest absolute Gasteiger partial charge is 0.348 e. The average molecular weight is 224 g/mol. The predicted molar refractivity (Wildman–Crippen MR) is 69.6 cm³/mol. The normalized spacial score (nSPS) is 14.9. The molecule has 86 valence electrons. The minimum atomic E-state index is 0.952. The molecule has 0 aliphatic heterocycles. The Labute approximate surface area is 101 Å². The Balaban J connectivity index is 1.96. The Hall–Kier alpha value is -1.83. The summed E-state index contributed by atoms with van der Waals surface area (Å²) in [5, 5.41) is 0. The summed E-state index contributed by atoms with van der Waals surface area (Å²) in [6, 6.07) is 8.72. The Morgan fingerprint density at radius 3 is 2.94 bits per heavy atom. The van der Waals surface area contributed by atoms with Crippen molar-refractivity contribution in [3.8, 4) is 0 Å². The highest BCUT2D eigenvalue weighted by molar-refractivity contribution is 5.71. The van der Waals surface area contributed by atoms with Crippen molar-refractivity contribution in [2.24, 2.45) is 0 Å². The molecule has 0 atom stereocenters. The second-order valence-corrected chi connectivity index (χ2v) is 4.60. The number of hydrogen-bond acceptors (Lipinski definition) is 1. The zero-order valence-electron chi connectivity index (χ0n) is 10.0. The topological polar surface area (TPSA) is 28.7 Å². The third kappa shape index (κ3) is 1.91. The average Bonchev–Trinajstić information content (AvgIpc) is 2.86. The third-order valence-electron chi connectivity index (χ3n) is 3.58. The Morgan fingerprint density at radius 1 is 1.24 bits per heavy atom. The highest BCUT2D eigenvalue weighted by Gasteiger charge is 2.15. The maximum absolute atomic E-state index is 4.31. The molecular formula is C15H16N2. The summed E-state index contributed by atoms with van der Waals surface area (Å²) in [7, 11) is 0. The number of imidazole rings is 1. The van der Waals surface area contributed by atoms with Crippen molar-refractivity contribution in [1.29, 1.82) is 0 Å². The number of hydrogen-bond donors (Lipinski definition) is 1. The summed E-state index contributed by atoms with van der Waals surface area (Å²) < 4.78 is 0. The van der Waals surface area contributed by atoms with Gasteiger partial charge in [0.2, 0.25) is 0 Å². The second kappa shape index (κ2) is 4.21. The Kier molecular flexibility index (Phi) is 2.56. The van der Waals surface area contributed by atoms with Gasteiger partial charge in [0.15, 0.2) is 0 Å². The Morgan fingerprint density at radius 2 is 2.12 bits per heavy atom. The number of rotatable bonds is 2. The van der Waals surface area contributed by atoms with Gasteiger partial charge in [0.1, 0.15) is 5.82 Å². The maximum Gasteiger partial charge on any atom is 0.110 e. The van der Waals surface area contributed by atoms with Gasteiger partial charge < -0.3 is 4.98 Å². The molecule has 1 heterocycles. The molecule has 0 amide bonds. The van der Waals surface area contributed by atoms with Gasteiger partial charge in [-0.15, -0.1) is 0 Å². The molecule has 0 unspecified atom stereocenters. The number of fused-ring (bicyclic) bond motifs is 1. The number of nitrogens with one attached hydrogen (secondary N) is 1. The molecule has 2 nitrogen and oxygen atoms in total. The van der Waals surface area contributed by atoms with Crippen molar-refractivity contribution in [2.45, 2.75) is 26.2 Å². The molecule has 17 heavy (non-hydrogen) atoms. The number of H-pyrrole nitrogens is 1. The first-order valence-electron chi connectivity index (χ1n) is 6.10. The van der Waals surface area contributed by atoms with Gasteiger partial charge in [-0.1, -0.05) is 29.8 Å². The van der Waals surface area contributed by atoms with Gasteiger partial charge >= 0.3 is 0 Å². The lowest BCUT2D eigenvalue weighted by Crippen LogP contribution is -2.06. The van der Waals surface area contributed by atoms with E-state index >= 15 is 0 Å². The van der Waals surface area contributed by atoms with Crippen LogP contribution in [0.3, 0.4) is 0 Å². The van der Waals surface area contributed by atoms with Crippen molar-refractivity contribution in [1.82, 2.24) is 9.97 Å². The third-order valence-corrected chi connectivity index (χ3v) is 3.58. The van der Waals surface area contributed by atoms with Crippen LogP contribution in [0.5, 0.6) is 0 Å². The molecule has 1 aromatic heterocycles. The van der Waals surface area contributed by atoms with E-state index in [4.69, 9.17) is 0 Å². The number of benzene rings is 1. The van der Waals surface area contributed by atoms with Crippen LogP contribution in [-0.2, 0) is 12.8 Å². The standard InChI is InChI=1S/C15H16N2/c1-11-13(10-15-16-8-9-17-15)7-6-12-4-2-3-5-14(11)12/h2-5,8-9H,6-7,10H2,1H3,(H,16,17). The fraction of sp³-hybridized carbons (Fsp3) is 0.267. The highest BCUT2D eigenvalue weighted by atomic mass is 14.9. The fourth-order valence-corrected chi connectivity index (χ4v) is 2.59. The van der Waals surface area contributed by atoms with Crippen molar-refractivity contribution < 1.29 is 0 Å². The van der Waals surface area contributed by atoms with Gasteiger partial charge in [-0.05, 0) is 36.5 Å². The molecule has 0 fully saturated rings. The highest BCUT2D eigenvalue weighted by Crippen LogP contribution is 2.31. The van der Waals surface area contributed by atoms with Crippen molar-refractivity contribution in [2.75, 3.05) is 0 Å². The number of aromatic amines is 1. The number of aryl methyl sites for hydroxylation is 1. The summed E-state index contributed by atoms with van der Waals surface area (Å²) in [5.74, 6) is 1.07. The minimum absolute atomic E-state index is 0.952. The first kappa shape index (κ1) is 10.3. The smallest absolute Gasteiger partial charge is 0.110 e. The van der Waals surface area contributed by atoms with E-state index < -0.39 is 0 Å². The lowest BCUT2D eigenvalue weighted by Gasteiger charge is -2.20. The van der Waals surface area contributed by atoms with E-state index in [1.54, 1.807) is 0 Å². The lowest BCUT2D eigenvalue weighted by atomic mass is 9.85. The molecule has 0 saturated heterocycles. The van der Waals surface area contributed by atoms with E-state index in [9.17, 15) is 0 Å². The zero-order valence-corrected chi connectivity index (χ0v) is 10.0. The molecule has 3 rings (SSSR count). The summed E-state index contributed by atoms with van der Waals surface area (Å²) >= 11 is 0. The van der Waals surface area contributed by atoms with Crippen LogP contribution < -0.4 is 0 Å². The summed E-state index contributed by atoms with van der Waals surface area (Å²) in [6.07, 6.45) is 6.98. The van der Waals surface area contributed by atoms with E-state index in [1.807, 2.05) is 12.4 Å². The van der Waals surface area contributed by atoms with Crippen LogP contribution in [0, 0.1) is 0 Å². The van der Waals surface area contributed by atoms with Crippen LogP contribution in [0.1, 0.15) is 30.3 Å². The maximum atomic E-state index is 4.31. The molecule has 1 aliphatic rings. The van der Waals surface area contributed by atoms with E-state index in [-0.39, 0.29) is 0 Å². The molecule has 0 saturated carbocycles. The molecule has 0 bridgehead atoms. The predicted octanol–water partition coefficient (Wildman–Crippen LogP) is 3.37. The van der Waals surface area contributed by atoms with Crippen LogP contribution in [0.15, 0.2) is 42.2 Å². The molecule has 2 aromatic rings. The van der Waals surface area contributed by atoms with Crippen molar-refractivity contribution in [3.05, 3.63) is 59.2 Å². The molecule has 1 aromatic carbocycles. The van der Waals surface area contributed by atoms with Crippen LogP contribution in [0.25, 0.3) is 5.57 Å². The van der Waals surface area contributed by atoms with Gasteiger partial charge in [0.25, 0.3) is 0 Å². The van der Waals surface area contributed by atoms with Crippen LogP contribution in [0.2, 0.25) is 0 Å². The minimum Gasteiger partial charge on any atom is -0.348 e. The first-order valence-corrected chi connectivity index (χ1v) is 6.10. The van der Waals surface area contributed by atoms with Crippen LogP contribution in [0.4, 0.5) is 0 Å². The number of allylic oxidation sites excluding steroid dienone is 2. The van der Waals surface area contributed by atoms with Crippen LogP contribution >= 0.6 is 0 Å². The SMILES string of the molecule is CC1=C(Cc2ncc[nH]2)CCc2ccccc21. The first-order chi connectivity index (χ1) is 8.34. The number of aromatic nitrogens is 2. The zero-order chi connectivity index (χ0) is 11.7. The molecule has 0 spiro atoms. The lowest BCUT2D eigenvalue weighted by molar-refractivity contribution is 0.853. The molecule has 0 radical (unpaired) electrons. The van der Waals surface area contributed by atoms with Crippen LogP contribution in [-0.4, -0.2) is 9.97 Å². The fourth-order valence-electron chi connectivity index (χ4n) is 2.59. The molecular weight excluding hydrogens is 208 g/mol. The van der Waals surface area contributed by atoms with E-state index in [0.717, 1.165) is 25.1 Å². The summed E-state index contributed by atoms with van der Waals surface area (Å²) in [5.41, 5.74) is 5.84. The van der Waals surface area contributed by atoms with E-state index in [2.05, 4.69) is 41.2 Å². The number of nitrogens with zero attached hydrogens (tertiary/aromatic N) is 1. The van der Waals surface area contributed by atoms with Crippen molar-refractivity contribution >= 4 is 5.57 Å². The van der Waals surface area contributed by atoms with Gasteiger partial charge in [-0.3, -0.25) is 0 Å². The molecule has 1 N–H and O–H groups in total. The van der Waals surface area contributed by atoms with E-state index in [0.29, 0.717) is 0 Å².